The zero-order valence-electron chi connectivity index (χ0n) is 33.4. The van der Waals surface area contributed by atoms with E-state index in [1.54, 1.807) is 13.8 Å². The van der Waals surface area contributed by atoms with Gasteiger partial charge in [0.25, 0.3) is 11.8 Å². The quantitative estimate of drug-likeness (QED) is 0.0778. The highest BCUT2D eigenvalue weighted by atomic mass is 19.2. The normalized spacial score (nSPS) is 20.6. The third-order valence-electron chi connectivity index (χ3n) is 10.4. The lowest BCUT2D eigenvalue weighted by Gasteiger charge is -2.43. The van der Waals surface area contributed by atoms with Crippen molar-refractivity contribution in [1.82, 2.24) is 4.98 Å². The summed E-state index contributed by atoms with van der Waals surface area (Å²) in [5, 5.41) is 9.63. The van der Waals surface area contributed by atoms with Crippen LogP contribution in [0.2, 0.25) is 0 Å². The van der Waals surface area contributed by atoms with Crippen LogP contribution in [0.15, 0.2) is 140 Å². The number of hydrogen-bond acceptors (Lipinski definition) is 10. The minimum atomic E-state index is -1.73. The lowest BCUT2D eigenvalue weighted by Crippen LogP contribution is -2.60. The van der Waals surface area contributed by atoms with Gasteiger partial charge in [-0.1, -0.05) is 121 Å². The Hall–Kier alpha value is -6.27. The fourth-order valence-electron chi connectivity index (χ4n) is 7.66. The van der Waals surface area contributed by atoms with E-state index in [1.165, 1.54) is 25.3 Å². The van der Waals surface area contributed by atoms with Crippen molar-refractivity contribution in [3.8, 4) is 29.2 Å². The summed E-state index contributed by atoms with van der Waals surface area (Å²) < 4.78 is 97.9. The van der Waals surface area contributed by atoms with Crippen molar-refractivity contribution in [2.24, 2.45) is 0 Å². The first-order valence-corrected chi connectivity index (χ1v) is 19.5. The molecule has 0 aliphatic carbocycles. The van der Waals surface area contributed by atoms with E-state index in [0.717, 1.165) is 22.3 Å². The molecule has 10 nitrogen and oxygen atoms in total. The SMILES string of the molecule is COC1OC(COC(c2ccccc2)(c2ccccc2)c2ccccc2)C(Oc2c(F)c(F)nc(Oc3cc(C#N)ccc3OCc3ccccc3)c2F)C2OC(C)(C)OC12. The maximum atomic E-state index is 16.7. The van der Waals surface area contributed by atoms with E-state index in [0.29, 0.717) is 0 Å². The molecule has 2 aliphatic rings. The van der Waals surface area contributed by atoms with Gasteiger partial charge in [-0.15, -0.1) is 0 Å². The second-order valence-electron chi connectivity index (χ2n) is 14.8. The number of methoxy groups -OCH3 is 1. The second-order valence-corrected chi connectivity index (χ2v) is 14.8. The van der Waals surface area contributed by atoms with Crippen LogP contribution in [-0.4, -0.2) is 55.2 Å². The Balaban J connectivity index is 1.17. The monoisotopic (exact) mass is 830 g/mol. The first kappa shape index (κ1) is 41.5. The highest BCUT2D eigenvalue weighted by Crippen LogP contribution is 2.45. The summed E-state index contributed by atoms with van der Waals surface area (Å²) in [5.74, 6) is -8.38. The molecule has 312 valence electrons. The molecule has 2 saturated heterocycles. The molecule has 8 rings (SSSR count). The van der Waals surface area contributed by atoms with E-state index < -0.39 is 71.3 Å². The number of aromatic nitrogens is 1. The van der Waals surface area contributed by atoms with Gasteiger partial charge < -0.3 is 37.9 Å². The van der Waals surface area contributed by atoms with Crippen LogP contribution in [0.25, 0.3) is 0 Å². The molecule has 0 radical (unpaired) electrons. The predicted octanol–water partition coefficient (Wildman–Crippen LogP) is 9.39. The standard InChI is InChI=1S/C48H41F3N2O8/c1-47(2)60-42-40(59-41-38(49)44(51)53-45(39(41)50)57-36-26-31(27-52)24-25-35(36)55-28-30-16-8-4-9-17-30)37(58-46(54-3)43(42)61-47)29-56-48(32-18-10-5-11-19-32,33-20-12-6-13-21-33)34-22-14-7-15-23-34/h4-26,37,40,42-43,46H,28-29H2,1-3H3. The number of pyridine rings is 1. The van der Waals surface area contributed by atoms with Crippen molar-refractivity contribution in [2.45, 2.75) is 62.5 Å². The number of nitrogens with zero attached hydrogens (tertiary/aromatic N) is 2. The highest BCUT2D eigenvalue weighted by molar-refractivity contribution is 5.50. The summed E-state index contributed by atoms with van der Waals surface area (Å²) in [6.45, 7) is 3.15. The molecule has 2 aliphatic heterocycles. The van der Waals surface area contributed by atoms with Gasteiger partial charge in [0, 0.05) is 13.2 Å². The summed E-state index contributed by atoms with van der Waals surface area (Å²) >= 11 is 0. The number of halogens is 3. The van der Waals surface area contributed by atoms with Crippen LogP contribution in [0, 0.1) is 28.9 Å². The highest BCUT2D eigenvalue weighted by Gasteiger charge is 2.58. The second kappa shape index (κ2) is 17.8. The van der Waals surface area contributed by atoms with Crippen LogP contribution in [0.3, 0.4) is 0 Å². The maximum absolute atomic E-state index is 16.7. The van der Waals surface area contributed by atoms with Crippen LogP contribution >= 0.6 is 0 Å². The molecule has 0 amide bonds. The fourth-order valence-corrected chi connectivity index (χ4v) is 7.66. The van der Waals surface area contributed by atoms with Crippen molar-refractivity contribution in [3.63, 3.8) is 0 Å². The molecule has 61 heavy (non-hydrogen) atoms. The van der Waals surface area contributed by atoms with Crippen LogP contribution < -0.4 is 14.2 Å². The summed E-state index contributed by atoms with van der Waals surface area (Å²) in [4.78, 5) is 3.45. The van der Waals surface area contributed by atoms with Gasteiger partial charge in [-0.05, 0) is 48.2 Å². The lowest BCUT2D eigenvalue weighted by molar-refractivity contribution is -0.274. The number of benzene rings is 5. The van der Waals surface area contributed by atoms with Gasteiger partial charge in [0.05, 0.1) is 18.2 Å². The first-order chi connectivity index (χ1) is 29.6. The zero-order chi connectivity index (χ0) is 42.6. The molecule has 1 aromatic heterocycles. The van der Waals surface area contributed by atoms with Gasteiger partial charge in [-0.2, -0.15) is 23.4 Å². The Morgan fingerprint density at radius 3 is 1.89 bits per heavy atom. The Bertz CT molecular complexity index is 2380. The Morgan fingerprint density at radius 2 is 1.31 bits per heavy atom. The average Bonchev–Trinajstić information content (AvgIpc) is 3.63. The molecule has 0 N–H and O–H groups in total. The molecule has 2 fully saturated rings. The number of rotatable bonds is 14. The van der Waals surface area contributed by atoms with Crippen LogP contribution in [0.1, 0.15) is 41.7 Å². The minimum absolute atomic E-state index is 0.0832. The van der Waals surface area contributed by atoms with Gasteiger partial charge in [-0.3, -0.25) is 0 Å². The van der Waals surface area contributed by atoms with E-state index >= 15 is 13.2 Å². The molecule has 5 aromatic carbocycles. The summed E-state index contributed by atoms with van der Waals surface area (Å²) in [6.07, 6.45) is -5.64. The van der Waals surface area contributed by atoms with Crippen molar-refractivity contribution in [1.29, 1.82) is 5.26 Å². The van der Waals surface area contributed by atoms with Crippen LogP contribution in [0.4, 0.5) is 13.2 Å². The molecule has 5 atom stereocenters. The number of fused-ring (bicyclic) bond motifs is 1. The Labute approximate surface area is 350 Å². The zero-order valence-corrected chi connectivity index (χ0v) is 33.4. The summed E-state index contributed by atoms with van der Waals surface area (Å²) in [5.41, 5.74) is 2.05. The molecule has 6 aromatic rings. The van der Waals surface area contributed by atoms with Gasteiger partial charge in [-0.25, -0.2) is 0 Å². The largest absolute Gasteiger partial charge is 0.485 e. The summed E-state index contributed by atoms with van der Waals surface area (Å²) in [6, 6.07) is 44.1. The van der Waals surface area contributed by atoms with E-state index in [9.17, 15) is 5.26 Å². The van der Waals surface area contributed by atoms with Crippen LogP contribution in [0.5, 0.6) is 23.1 Å². The third kappa shape index (κ3) is 8.54. The van der Waals surface area contributed by atoms with E-state index in [4.69, 9.17) is 37.9 Å². The molecular formula is C48H41F3N2O8. The fraction of sp³-hybridized carbons (Fsp3) is 0.250. The average molecular weight is 831 g/mol. The molecular weight excluding hydrogens is 790 g/mol. The molecule has 0 bridgehead atoms. The topological polar surface area (TPSA) is 111 Å². The molecule has 13 heteroatoms. The van der Waals surface area contributed by atoms with E-state index in [2.05, 4.69) is 4.98 Å². The van der Waals surface area contributed by atoms with Crippen molar-refractivity contribution >= 4 is 0 Å². The van der Waals surface area contributed by atoms with Gasteiger partial charge >= 0.3 is 0 Å². The van der Waals surface area contributed by atoms with Gasteiger partial charge in [0.15, 0.2) is 29.7 Å². The Morgan fingerprint density at radius 1 is 0.738 bits per heavy atom. The lowest BCUT2D eigenvalue weighted by atomic mass is 9.80. The van der Waals surface area contributed by atoms with Gasteiger partial charge in [0.2, 0.25) is 17.4 Å². The van der Waals surface area contributed by atoms with Crippen molar-refractivity contribution in [3.05, 3.63) is 185 Å². The van der Waals surface area contributed by atoms with Crippen molar-refractivity contribution in [2.75, 3.05) is 13.7 Å². The number of hydrogen-bond donors (Lipinski definition) is 0. The molecule has 0 saturated carbocycles. The molecule has 0 spiro atoms. The Kier molecular flexibility index (Phi) is 12.1. The van der Waals surface area contributed by atoms with Gasteiger partial charge in [0.1, 0.15) is 30.5 Å². The smallest absolute Gasteiger partial charge is 0.262 e. The predicted molar refractivity (Wildman–Crippen MR) is 215 cm³/mol. The van der Waals surface area contributed by atoms with Crippen LogP contribution in [-0.2, 0) is 35.9 Å². The van der Waals surface area contributed by atoms with E-state index in [-0.39, 0.29) is 30.3 Å². The maximum Gasteiger partial charge on any atom is 0.262 e. The van der Waals surface area contributed by atoms with E-state index in [1.807, 2.05) is 127 Å². The number of ether oxygens (including phenoxy) is 8. The molecule has 5 unspecified atom stereocenters. The third-order valence-corrected chi connectivity index (χ3v) is 10.4. The van der Waals surface area contributed by atoms with Crippen molar-refractivity contribution < 1.29 is 51.1 Å². The minimum Gasteiger partial charge on any atom is -0.485 e. The first-order valence-electron chi connectivity index (χ1n) is 19.5. The summed E-state index contributed by atoms with van der Waals surface area (Å²) in [7, 11) is 1.43. The molecule has 3 heterocycles. The number of nitriles is 1.